The van der Waals surface area contributed by atoms with Crippen LogP contribution in [0.3, 0.4) is 0 Å². The molecule has 0 fully saturated rings. The number of carbonyl (C=O) groups is 1. The van der Waals surface area contributed by atoms with E-state index in [0.717, 1.165) is 0 Å². The summed E-state index contributed by atoms with van der Waals surface area (Å²) in [6.45, 7) is 4.03. The summed E-state index contributed by atoms with van der Waals surface area (Å²) in [5, 5.41) is 9.07. The lowest BCUT2D eigenvalue weighted by Gasteiger charge is -2.14. The lowest BCUT2D eigenvalue weighted by Crippen LogP contribution is -2.17. The summed E-state index contributed by atoms with van der Waals surface area (Å²) in [7, 11) is 1.82. The lowest BCUT2D eigenvalue weighted by molar-refractivity contribution is -0.139. The Morgan fingerprint density at radius 3 is 2.64 bits per heavy atom. The highest BCUT2D eigenvalue weighted by molar-refractivity contribution is 5.74. The van der Waals surface area contributed by atoms with E-state index in [0.29, 0.717) is 18.2 Å². The Bertz CT molecular complexity index is 318. The van der Waals surface area contributed by atoms with Crippen molar-refractivity contribution in [3.63, 3.8) is 0 Å². The van der Waals surface area contributed by atoms with E-state index in [2.05, 4.69) is 4.98 Å². The number of nitrogens with zero attached hydrogens (tertiary/aromatic N) is 2. The summed E-state index contributed by atoms with van der Waals surface area (Å²) >= 11 is 0. The minimum absolute atomic E-state index is 0.354. The Morgan fingerprint density at radius 1 is 1.64 bits per heavy atom. The Morgan fingerprint density at radius 2 is 2.29 bits per heavy atom. The van der Waals surface area contributed by atoms with Gasteiger partial charge in [-0.3, -0.25) is 4.79 Å². The summed E-state index contributed by atoms with van der Waals surface area (Å²) < 4.78 is 1.77. The molecule has 1 heterocycles. The summed E-state index contributed by atoms with van der Waals surface area (Å²) in [5.41, 5.74) is 0. The van der Waals surface area contributed by atoms with Crippen LogP contribution >= 0.6 is 0 Å². The number of rotatable bonds is 4. The Kier molecular flexibility index (Phi) is 3.28. The van der Waals surface area contributed by atoms with Crippen LogP contribution < -0.4 is 0 Å². The third-order valence-electron chi connectivity index (χ3n) is 2.18. The standard InChI is InChI=1S/C10H16N2O2/c1-7(2)6-8(10(13)14)9-11-4-5-12(9)3/h4-5,7-8H,6H2,1-3H3,(H,13,14). The van der Waals surface area contributed by atoms with Crippen molar-refractivity contribution in [2.24, 2.45) is 13.0 Å². The van der Waals surface area contributed by atoms with Crippen LogP contribution in [0.25, 0.3) is 0 Å². The molecule has 14 heavy (non-hydrogen) atoms. The van der Waals surface area contributed by atoms with Crippen LogP contribution in [0.4, 0.5) is 0 Å². The molecule has 4 heteroatoms. The summed E-state index contributed by atoms with van der Waals surface area (Å²) in [5.74, 6) is -0.304. The van der Waals surface area contributed by atoms with Crippen LogP contribution in [-0.4, -0.2) is 20.6 Å². The van der Waals surface area contributed by atoms with E-state index in [9.17, 15) is 4.79 Å². The topological polar surface area (TPSA) is 55.1 Å². The quantitative estimate of drug-likeness (QED) is 0.796. The molecule has 0 radical (unpaired) electrons. The molecular weight excluding hydrogens is 180 g/mol. The molecule has 0 bridgehead atoms. The molecule has 0 aliphatic carbocycles. The van der Waals surface area contributed by atoms with Crippen molar-refractivity contribution in [2.45, 2.75) is 26.2 Å². The molecule has 0 aliphatic heterocycles. The van der Waals surface area contributed by atoms with E-state index in [1.807, 2.05) is 20.9 Å². The molecule has 0 aromatic carbocycles. The first-order valence-electron chi connectivity index (χ1n) is 4.72. The predicted molar refractivity (Wildman–Crippen MR) is 53.0 cm³/mol. The van der Waals surface area contributed by atoms with Gasteiger partial charge in [0.05, 0.1) is 0 Å². The van der Waals surface area contributed by atoms with E-state index in [4.69, 9.17) is 5.11 Å². The van der Waals surface area contributed by atoms with Gasteiger partial charge in [0.15, 0.2) is 0 Å². The van der Waals surface area contributed by atoms with Gasteiger partial charge in [0.1, 0.15) is 11.7 Å². The van der Waals surface area contributed by atoms with Crippen molar-refractivity contribution in [2.75, 3.05) is 0 Å². The third kappa shape index (κ3) is 2.34. The minimum Gasteiger partial charge on any atom is -0.481 e. The minimum atomic E-state index is -0.798. The highest BCUT2D eigenvalue weighted by Gasteiger charge is 2.24. The predicted octanol–water partition coefficient (Wildman–Crippen LogP) is 1.63. The van der Waals surface area contributed by atoms with Gasteiger partial charge in [-0.15, -0.1) is 0 Å². The first kappa shape index (κ1) is 10.8. The number of imidazole rings is 1. The highest BCUT2D eigenvalue weighted by atomic mass is 16.4. The SMILES string of the molecule is CC(C)CC(C(=O)O)c1nccn1C. The zero-order chi connectivity index (χ0) is 10.7. The molecule has 1 N–H and O–H groups in total. The maximum absolute atomic E-state index is 11.0. The first-order valence-corrected chi connectivity index (χ1v) is 4.72. The van der Waals surface area contributed by atoms with E-state index >= 15 is 0 Å². The van der Waals surface area contributed by atoms with Crippen LogP contribution in [0.15, 0.2) is 12.4 Å². The number of aliphatic carboxylic acids is 1. The molecule has 0 saturated carbocycles. The maximum Gasteiger partial charge on any atom is 0.314 e. The molecule has 4 nitrogen and oxygen atoms in total. The zero-order valence-electron chi connectivity index (χ0n) is 8.77. The maximum atomic E-state index is 11.0. The average Bonchev–Trinajstić information content (AvgIpc) is 2.46. The normalized spacial score (nSPS) is 13.1. The molecular formula is C10H16N2O2. The van der Waals surface area contributed by atoms with Gasteiger partial charge in [0.25, 0.3) is 0 Å². The number of aromatic nitrogens is 2. The first-order chi connectivity index (χ1) is 6.52. The van der Waals surface area contributed by atoms with Gasteiger partial charge >= 0.3 is 5.97 Å². The molecule has 1 aromatic rings. The van der Waals surface area contributed by atoms with Crippen molar-refractivity contribution in [1.82, 2.24) is 9.55 Å². The van der Waals surface area contributed by atoms with Gasteiger partial charge in [0, 0.05) is 19.4 Å². The summed E-state index contributed by atoms with van der Waals surface area (Å²) in [4.78, 5) is 15.1. The molecule has 1 atom stereocenters. The fourth-order valence-corrected chi connectivity index (χ4v) is 1.50. The number of hydrogen-bond acceptors (Lipinski definition) is 2. The van der Waals surface area contributed by atoms with Crippen LogP contribution in [0.5, 0.6) is 0 Å². The summed E-state index contributed by atoms with van der Waals surface area (Å²) in [6, 6.07) is 0. The molecule has 0 spiro atoms. The van der Waals surface area contributed by atoms with Gasteiger partial charge in [-0.05, 0) is 12.3 Å². The fourth-order valence-electron chi connectivity index (χ4n) is 1.50. The Labute approximate surface area is 83.6 Å². The van der Waals surface area contributed by atoms with Crippen LogP contribution in [0.2, 0.25) is 0 Å². The van der Waals surface area contributed by atoms with Crippen LogP contribution in [0.1, 0.15) is 32.0 Å². The smallest absolute Gasteiger partial charge is 0.314 e. The van der Waals surface area contributed by atoms with Crippen molar-refractivity contribution in [1.29, 1.82) is 0 Å². The van der Waals surface area contributed by atoms with Crippen LogP contribution in [-0.2, 0) is 11.8 Å². The highest BCUT2D eigenvalue weighted by Crippen LogP contribution is 2.22. The monoisotopic (exact) mass is 196 g/mol. The van der Waals surface area contributed by atoms with E-state index in [1.54, 1.807) is 17.0 Å². The number of carboxylic acids is 1. The van der Waals surface area contributed by atoms with E-state index in [1.165, 1.54) is 0 Å². The molecule has 1 aromatic heterocycles. The zero-order valence-corrected chi connectivity index (χ0v) is 8.77. The molecule has 0 amide bonds. The van der Waals surface area contributed by atoms with Crippen LogP contribution in [0, 0.1) is 5.92 Å². The van der Waals surface area contributed by atoms with E-state index < -0.39 is 11.9 Å². The van der Waals surface area contributed by atoms with Gasteiger partial charge in [-0.1, -0.05) is 13.8 Å². The number of hydrogen-bond donors (Lipinski definition) is 1. The summed E-state index contributed by atoms with van der Waals surface area (Å²) in [6.07, 6.45) is 4.03. The number of carboxylic acid groups (broad SMARTS) is 1. The second kappa shape index (κ2) is 4.26. The van der Waals surface area contributed by atoms with Crippen molar-refractivity contribution < 1.29 is 9.90 Å². The lowest BCUT2D eigenvalue weighted by atomic mass is 9.96. The molecule has 1 rings (SSSR count). The van der Waals surface area contributed by atoms with Gasteiger partial charge < -0.3 is 9.67 Å². The Hall–Kier alpha value is -1.32. The average molecular weight is 196 g/mol. The molecule has 78 valence electrons. The van der Waals surface area contributed by atoms with Gasteiger partial charge in [-0.2, -0.15) is 0 Å². The van der Waals surface area contributed by atoms with Gasteiger partial charge in [-0.25, -0.2) is 4.98 Å². The van der Waals surface area contributed by atoms with Crippen molar-refractivity contribution in [3.8, 4) is 0 Å². The third-order valence-corrected chi connectivity index (χ3v) is 2.18. The largest absolute Gasteiger partial charge is 0.481 e. The molecule has 0 aliphatic rings. The van der Waals surface area contributed by atoms with Gasteiger partial charge in [0.2, 0.25) is 0 Å². The fraction of sp³-hybridized carbons (Fsp3) is 0.600. The molecule has 1 unspecified atom stereocenters. The second-order valence-electron chi connectivity index (χ2n) is 3.92. The van der Waals surface area contributed by atoms with Crippen molar-refractivity contribution in [3.05, 3.63) is 18.2 Å². The number of aryl methyl sites for hydroxylation is 1. The second-order valence-corrected chi connectivity index (χ2v) is 3.92. The van der Waals surface area contributed by atoms with Crippen molar-refractivity contribution >= 4 is 5.97 Å². The molecule has 0 saturated heterocycles. The Balaban J connectivity index is 2.89. The van der Waals surface area contributed by atoms with E-state index in [-0.39, 0.29) is 0 Å².